The van der Waals surface area contributed by atoms with Crippen molar-refractivity contribution in [3.63, 3.8) is 0 Å². The predicted molar refractivity (Wildman–Crippen MR) is 89.5 cm³/mol. The summed E-state index contributed by atoms with van der Waals surface area (Å²) in [5, 5.41) is 3.88. The molecule has 2 aliphatic rings. The SMILES string of the molecule is CC(C)(C)[Si](O[C@H]1CCN2C(=O)CNC(=O)[C@@H]12)c1ccccc1. The summed E-state index contributed by atoms with van der Waals surface area (Å²) in [4.78, 5) is 25.9. The highest BCUT2D eigenvalue weighted by Crippen LogP contribution is 2.32. The third kappa shape index (κ3) is 3.18. The van der Waals surface area contributed by atoms with Gasteiger partial charge in [0.15, 0.2) is 0 Å². The van der Waals surface area contributed by atoms with Gasteiger partial charge in [0.1, 0.15) is 6.04 Å². The second-order valence-corrected chi connectivity index (χ2v) is 10.1. The van der Waals surface area contributed by atoms with Crippen LogP contribution in [0.4, 0.5) is 0 Å². The molecule has 0 aliphatic carbocycles. The average Bonchev–Trinajstić information content (AvgIpc) is 2.93. The molecule has 0 saturated carbocycles. The molecule has 2 amide bonds. The van der Waals surface area contributed by atoms with Gasteiger partial charge < -0.3 is 14.6 Å². The molecule has 2 saturated heterocycles. The molecule has 2 aliphatic heterocycles. The summed E-state index contributed by atoms with van der Waals surface area (Å²) in [7, 11) is -1.33. The Balaban J connectivity index is 1.83. The molecule has 2 atom stereocenters. The second-order valence-electron chi connectivity index (χ2n) is 7.14. The van der Waals surface area contributed by atoms with Gasteiger partial charge in [0.05, 0.1) is 12.6 Å². The van der Waals surface area contributed by atoms with Crippen LogP contribution < -0.4 is 10.5 Å². The van der Waals surface area contributed by atoms with Crippen LogP contribution in [0.25, 0.3) is 0 Å². The van der Waals surface area contributed by atoms with Crippen LogP contribution in [0, 0.1) is 0 Å². The number of rotatable bonds is 3. The van der Waals surface area contributed by atoms with Crippen LogP contribution in [-0.4, -0.2) is 51.0 Å². The van der Waals surface area contributed by atoms with Crippen molar-refractivity contribution >= 4 is 26.0 Å². The maximum Gasteiger partial charge on any atom is 0.252 e. The van der Waals surface area contributed by atoms with Crippen molar-refractivity contribution in [1.29, 1.82) is 0 Å². The Morgan fingerprint density at radius 2 is 1.91 bits per heavy atom. The maximum absolute atomic E-state index is 12.2. The fourth-order valence-electron chi connectivity index (χ4n) is 3.27. The van der Waals surface area contributed by atoms with E-state index in [4.69, 9.17) is 4.43 Å². The number of nitrogens with zero attached hydrogens (tertiary/aromatic N) is 1. The molecule has 1 radical (unpaired) electrons. The van der Waals surface area contributed by atoms with E-state index in [9.17, 15) is 9.59 Å². The van der Waals surface area contributed by atoms with Crippen molar-refractivity contribution in [3.8, 4) is 0 Å². The largest absolute Gasteiger partial charge is 0.406 e. The van der Waals surface area contributed by atoms with Crippen molar-refractivity contribution in [3.05, 3.63) is 30.3 Å². The third-order valence-electron chi connectivity index (χ3n) is 4.33. The molecule has 2 fully saturated rings. The summed E-state index contributed by atoms with van der Waals surface area (Å²) >= 11 is 0. The van der Waals surface area contributed by atoms with Crippen molar-refractivity contribution in [1.82, 2.24) is 10.2 Å². The number of amides is 2. The summed E-state index contributed by atoms with van der Waals surface area (Å²) in [6, 6.07) is 9.76. The second kappa shape index (κ2) is 6.09. The molecule has 23 heavy (non-hydrogen) atoms. The van der Waals surface area contributed by atoms with E-state index in [1.807, 2.05) is 18.2 Å². The van der Waals surface area contributed by atoms with Crippen molar-refractivity contribution in [2.45, 2.75) is 44.4 Å². The molecular weight excluding hydrogens is 308 g/mol. The van der Waals surface area contributed by atoms with Crippen LogP contribution in [0.1, 0.15) is 27.2 Å². The van der Waals surface area contributed by atoms with Crippen LogP contribution in [0.5, 0.6) is 0 Å². The van der Waals surface area contributed by atoms with Crippen LogP contribution in [0.15, 0.2) is 30.3 Å². The lowest BCUT2D eigenvalue weighted by Crippen LogP contribution is -2.59. The fraction of sp³-hybridized carbons (Fsp3) is 0.529. The van der Waals surface area contributed by atoms with Crippen LogP contribution >= 0.6 is 0 Å². The molecule has 0 bridgehead atoms. The quantitative estimate of drug-likeness (QED) is 0.834. The molecule has 0 aromatic heterocycles. The molecule has 5 nitrogen and oxygen atoms in total. The summed E-state index contributed by atoms with van der Waals surface area (Å²) in [5.74, 6) is -0.0969. The van der Waals surface area contributed by atoms with Crippen LogP contribution in [0.3, 0.4) is 0 Å². The number of piperazine rings is 1. The molecule has 3 rings (SSSR count). The van der Waals surface area contributed by atoms with E-state index in [0.29, 0.717) is 6.54 Å². The number of benzene rings is 1. The molecule has 1 aromatic rings. The minimum absolute atomic E-state index is 0.00537. The predicted octanol–water partition coefficient (Wildman–Crippen LogP) is 0.801. The first-order valence-corrected chi connectivity index (χ1v) is 9.45. The van der Waals surface area contributed by atoms with Gasteiger partial charge in [0, 0.05) is 6.54 Å². The zero-order valence-corrected chi connectivity index (χ0v) is 14.8. The summed E-state index contributed by atoms with van der Waals surface area (Å²) in [5.41, 5.74) is 0. The minimum Gasteiger partial charge on any atom is -0.406 e. The first kappa shape index (κ1) is 16.2. The smallest absolute Gasteiger partial charge is 0.252 e. The number of carbonyl (C=O) groups is 2. The van der Waals surface area contributed by atoms with E-state index < -0.39 is 15.1 Å². The van der Waals surface area contributed by atoms with Gasteiger partial charge in [-0.3, -0.25) is 9.59 Å². The lowest BCUT2D eigenvalue weighted by atomic mass is 10.1. The normalized spacial score (nSPS) is 24.8. The van der Waals surface area contributed by atoms with E-state index in [0.717, 1.165) is 6.42 Å². The topological polar surface area (TPSA) is 58.6 Å². The van der Waals surface area contributed by atoms with E-state index in [2.05, 4.69) is 38.2 Å². The molecule has 0 spiro atoms. The highest BCUT2D eigenvalue weighted by atomic mass is 28.3. The van der Waals surface area contributed by atoms with Crippen molar-refractivity contribution in [2.75, 3.05) is 13.1 Å². The molecule has 1 N–H and O–H groups in total. The van der Waals surface area contributed by atoms with Gasteiger partial charge in [0.25, 0.3) is 9.04 Å². The van der Waals surface area contributed by atoms with Gasteiger partial charge in [-0.15, -0.1) is 0 Å². The highest BCUT2D eigenvalue weighted by molar-refractivity contribution is 6.70. The summed E-state index contributed by atoms with van der Waals surface area (Å²) in [6.45, 7) is 7.24. The minimum atomic E-state index is -1.33. The van der Waals surface area contributed by atoms with E-state index in [1.165, 1.54) is 5.19 Å². The van der Waals surface area contributed by atoms with E-state index in [-0.39, 0.29) is 29.5 Å². The fourth-order valence-corrected chi connectivity index (χ4v) is 5.67. The van der Waals surface area contributed by atoms with Crippen molar-refractivity contribution in [2.24, 2.45) is 0 Å². The lowest BCUT2D eigenvalue weighted by molar-refractivity contribution is -0.145. The lowest BCUT2D eigenvalue weighted by Gasteiger charge is -2.35. The zero-order chi connectivity index (χ0) is 16.6. The third-order valence-corrected chi connectivity index (χ3v) is 7.09. The Morgan fingerprint density at radius 3 is 2.57 bits per heavy atom. The van der Waals surface area contributed by atoms with Gasteiger partial charge in [-0.25, -0.2) is 0 Å². The molecule has 123 valence electrons. The zero-order valence-electron chi connectivity index (χ0n) is 13.8. The number of fused-ring (bicyclic) bond motifs is 1. The van der Waals surface area contributed by atoms with E-state index in [1.54, 1.807) is 4.90 Å². The Morgan fingerprint density at radius 1 is 1.22 bits per heavy atom. The number of nitrogens with one attached hydrogen (secondary N) is 1. The average molecular weight is 331 g/mol. The number of hydrogen-bond donors (Lipinski definition) is 1. The summed E-state index contributed by atoms with van der Waals surface area (Å²) in [6.07, 6.45) is 0.508. The van der Waals surface area contributed by atoms with Crippen LogP contribution in [-0.2, 0) is 14.0 Å². The molecule has 1 aromatic carbocycles. The molecule has 6 heteroatoms. The Labute approximate surface area is 138 Å². The van der Waals surface area contributed by atoms with Gasteiger partial charge in [0.2, 0.25) is 11.8 Å². The monoisotopic (exact) mass is 331 g/mol. The maximum atomic E-state index is 12.2. The van der Waals surface area contributed by atoms with Gasteiger partial charge >= 0.3 is 0 Å². The Hall–Kier alpha value is -1.66. The van der Waals surface area contributed by atoms with E-state index >= 15 is 0 Å². The van der Waals surface area contributed by atoms with Gasteiger partial charge in [-0.2, -0.15) is 0 Å². The summed E-state index contributed by atoms with van der Waals surface area (Å²) < 4.78 is 6.50. The van der Waals surface area contributed by atoms with Crippen LogP contribution in [0.2, 0.25) is 5.04 Å². The van der Waals surface area contributed by atoms with Gasteiger partial charge in [-0.1, -0.05) is 51.1 Å². The highest BCUT2D eigenvalue weighted by Gasteiger charge is 2.47. The first-order chi connectivity index (χ1) is 10.9. The number of carbonyl (C=O) groups excluding carboxylic acids is 2. The molecule has 2 heterocycles. The first-order valence-electron chi connectivity index (χ1n) is 8.04. The Bertz CT molecular complexity index is 600. The molecular formula is C17H23N2O3Si. The van der Waals surface area contributed by atoms with Gasteiger partial charge in [-0.05, 0) is 16.6 Å². The Kier molecular flexibility index (Phi) is 4.29. The molecule has 0 unspecified atom stereocenters. The van der Waals surface area contributed by atoms with Crippen molar-refractivity contribution < 1.29 is 14.0 Å². The standard InChI is InChI=1S/C17H23N2O3Si/c1-17(2,3)23(12-7-5-4-6-8-12)22-13-9-10-19-14(20)11-18-16(21)15(13)19/h4-8,13,15H,9-11H2,1-3H3,(H,18,21)/t13-,15+/m0/s1. The number of hydrogen-bond acceptors (Lipinski definition) is 3.